The molecule has 0 unspecified atom stereocenters. The zero-order valence-corrected chi connectivity index (χ0v) is 12.6. The van der Waals surface area contributed by atoms with Crippen molar-refractivity contribution in [2.75, 3.05) is 0 Å². The van der Waals surface area contributed by atoms with Crippen LogP contribution in [0.15, 0.2) is 51.7 Å². The van der Waals surface area contributed by atoms with Crippen LogP contribution in [0, 0.1) is 0 Å². The van der Waals surface area contributed by atoms with Crippen LogP contribution in [-0.4, -0.2) is 10.5 Å². The average molecular weight is 317 g/mol. The van der Waals surface area contributed by atoms with Crippen molar-refractivity contribution in [3.63, 3.8) is 0 Å². The third-order valence-corrected chi connectivity index (χ3v) is 3.67. The zero-order chi connectivity index (χ0) is 15.7. The molecule has 1 N–H and O–H groups in total. The molecule has 6 heteroatoms. The molecule has 2 aromatic carbocycles. The minimum Gasteiger partial charge on any atom is -0.408 e. The topological polar surface area (TPSA) is 64.2 Å². The SMILES string of the molecule is Cn1c(=O)oc2ccc(C(=O)NCc3ccc(Cl)cc3)cc21. The van der Waals surface area contributed by atoms with E-state index < -0.39 is 5.76 Å². The van der Waals surface area contributed by atoms with E-state index in [1.807, 2.05) is 12.1 Å². The van der Waals surface area contributed by atoms with E-state index in [1.54, 1.807) is 37.4 Å². The van der Waals surface area contributed by atoms with Gasteiger partial charge in [-0.3, -0.25) is 9.36 Å². The summed E-state index contributed by atoms with van der Waals surface area (Å²) in [5.41, 5.74) is 2.47. The number of carbonyl (C=O) groups is 1. The molecule has 3 aromatic rings. The summed E-state index contributed by atoms with van der Waals surface area (Å²) < 4.78 is 6.40. The molecule has 0 aliphatic heterocycles. The van der Waals surface area contributed by atoms with Gasteiger partial charge in [-0.1, -0.05) is 23.7 Å². The van der Waals surface area contributed by atoms with Crippen LogP contribution < -0.4 is 11.1 Å². The number of fused-ring (bicyclic) bond motifs is 1. The monoisotopic (exact) mass is 316 g/mol. The Morgan fingerprint density at radius 1 is 1.23 bits per heavy atom. The van der Waals surface area contributed by atoms with E-state index in [2.05, 4.69) is 5.32 Å². The lowest BCUT2D eigenvalue weighted by atomic mass is 10.1. The number of halogens is 1. The number of aromatic nitrogens is 1. The molecule has 3 rings (SSSR count). The normalized spacial score (nSPS) is 10.8. The van der Waals surface area contributed by atoms with Crippen molar-refractivity contribution in [2.45, 2.75) is 6.54 Å². The molecular formula is C16H13ClN2O3. The molecule has 1 aromatic heterocycles. The van der Waals surface area contributed by atoms with Crippen molar-refractivity contribution in [1.82, 2.24) is 9.88 Å². The number of hydrogen-bond acceptors (Lipinski definition) is 3. The molecule has 1 heterocycles. The molecule has 22 heavy (non-hydrogen) atoms. The summed E-state index contributed by atoms with van der Waals surface area (Å²) >= 11 is 5.82. The second-order valence-electron chi connectivity index (χ2n) is 4.92. The highest BCUT2D eigenvalue weighted by Crippen LogP contribution is 2.14. The highest BCUT2D eigenvalue weighted by molar-refractivity contribution is 6.30. The van der Waals surface area contributed by atoms with E-state index >= 15 is 0 Å². The number of hydrogen-bond donors (Lipinski definition) is 1. The van der Waals surface area contributed by atoms with Gasteiger partial charge in [-0.15, -0.1) is 0 Å². The van der Waals surface area contributed by atoms with Crippen molar-refractivity contribution in [1.29, 1.82) is 0 Å². The van der Waals surface area contributed by atoms with Crippen LogP contribution in [-0.2, 0) is 13.6 Å². The van der Waals surface area contributed by atoms with Crippen LogP contribution in [0.2, 0.25) is 5.02 Å². The van der Waals surface area contributed by atoms with Crippen LogP contribution in [0.4, 0.5) is 0 Å². The maximum Gasteiger partial charge on any atom is 0.419 e. The van der Waals surface area contributed by atoms with Gasteiger partial charge in [-0.05, 0) is 35.9 Å². The Hall–Kier alpha value is -2.53. The van der Waals surface area contributed by atoms with E-state index in [9.17, 15) is 9.59 Å². The lowest BCUT2D eigenvalue weighted by molar-refractivity contribution is 0.0951. The number of carbonyl (C=O) groups excluding carboxylic acids is 1. The smallest absolute Gasteiger partial charge is 0.408 e. The predicted octanol–water partition coefficient (Wildman–Crippen LogP) is 2.71. The number of nitrogens with one attached hydrogen (secondary N) is 1. The van der Waals surface area contributed by atoms with Crippen molar-refractivity contribution < 1.29 is 9.21 Å². The Morgan fingerprint density at radius 3 is 2.68 bits per heavy atom. The Bertz CT molecular complexity index is 894. The summed E-state index contributed by atoms with van der Waals surface area (Å²) in [5.74, 6) is -0.667. The minimum absolute atomic E-state index is 0.217. The fourth-order valence-corrected chi connectivity index (χ4v) is 2.28. The van der Waals surface area contributed by atoms with Gasteiger partial charge in [0, 0.05) is 24.2 Å². The molecule has 1 amide bonds. The van der Waals surface area contributed by atoms with Gasteiger partial charge >= 0.3 is 5.76 Å². The maximum atomic E-state index is 12.2. The number of benzene rings is 2. The molecule has 0 fully saturated rings. The zero-order valence-electron chi connectivity index (χ0n) is 11.8. The third kappa shape index (κ3) is 2.76. The lowest BCUT2D eigenvalue weighted by Gasteiger charge is -2.06. The van der Waals surface area contributed by atoms with Crippen LogP contribution in [0.1, 0.15) is 15.9 Å². The average Bonchev–Trinajstić information content (AvgIpc) is 2.81. The molecule has 0 radical (unpaired) electrons. The first kappa shape index (κ1) is 14.4. The highest BCUT2D eigenvalue weighted by atomic mass is 35.5. The van der Waals surface area contributed by atoms with Gasteiger partial charge in [0.05, 0.1) is 5.52 Å². The Kier molecular flexibility index (Phi) is 3.73. The molecule has 5 nitrogen and oxygen atoms in total. The standard InChI is InChI=1S/C16H13ClN2O3/c1-19-13-8-11(4-7-14(13)22-16(19)21)15(20)18-9-10-2-5-12(17)6-3-10/h2-8H,9H2,1H3,(H,18,20). The quantitative estimate of drug-likeness (QED) is 0.808. The van der Waals surface area contributed by atoms with Gasteiger partial charge in [-0.25, -0.2) is 4.79 Å². The number of amides is 1. The van der Waals surface area contributed by atoms with Crippen molar-refractivity contribution >= 4 is 28.6 Å². The van der Waals surface area contributed by atoms with Crippen molar-refractivity contribution in [3.8, 4) is 0 Å². The Balaban J connectivity index is 1.78. The van der Waals surface area contributed by atoms with Gasteiger partial charge in [-0.2, -0.15) is 0 Å². The summed E-state index contributed by atoms with van der Waals surface area (Å²) in [7, 11) is 1.60. The lowest BCUT2D eigenvalue weighted by Crippen LogP contribution is -2.22. The van der Waals surface area contributed by atoms with E-state index in [-0.39, 0.29) is 5.91 Å². The van der Waals surface area contributed by atoms with Crippen LogP contribution in [0.5, 0.6) is 0 Å². The van der Waals surface area contributed by atoms with Gasteiger partial charge < -0.3 is 9.73 Å². The predicted molar refractivity (Wildman–Crippen MR) is 84.1 cm³/mol. The molecule has 0 bridgehead atoms. The van der Waals surface area contributed by atoms with Crippen LogP contribution in [0.25, 0.3) is 11.1 Å². The first-order valence-electron chi connectivity index (χ1n) is 6.67. The summed E-state index contributed by atoms with van der Waals surface area (Å²) in [6, 6.07) is 12.1. The molecule has 0 spiro atoms. The number of nitrogens with zero attached hydrogens (tertiary/aromatic N) is 1. The molecule has 0 aliphatic carbocycles. The van der Waals surface area contributed by atoms with Gasteiger partial charge in [0.1, 0.15) is 0 Å². The maximum absolute atomic E-state index is 12.2. The minimum atomic E-state index is -0.450. The fourth-order valence-electron chi connectivity index (χ4n) is 2.15. The molecule has 0 saturated heterocycles. The van der Waals surface area contributed by atoms with Gasteiger partial charge in [0.15, 0.2) is 5.58 Å². The number of oxazole rings is 1. The van der Waals surface area contributed by atoms with Crippen molar-refractivity contribution in [3.05, 3.63) is 69.2 Å². The van der Waals surface area contributed by atoms with Gasteiger partial charge in [0.25, 0.3) is 5.91 Å². The molecule has 0 aliphatic rings. The Labute approximate surface area is 131 Å². The summed E-state index contributed by atoms with van der Waals surface area (Å²) in [6.45, 7) is 0.401. The van der Waals surface area contributed by atoms with E-state index in [4.69, 9.17) is 16.0 Å². The van der Waals surface area contributed by atoms with Gasteiger partial charge in [0.2, 0.25) is 0 Å². The van der Waals surface area contributed by atoms with E-state index in [0.717, 1.165) is 5.56 Å². The van der Waals surface area contributed by atoms with E-state index in [0.29, 0.717) is 28.2 Å². The third-order valence-electron chi connectivity index (χ3n) is 3.42. The summed E-state index contributed by atoms with van der Waals surface area (Å²) in [4.78, 5) is 23.6. The summed E-state index contributed by atoms with van der Waals surface area (Å²) in [6.07, 6.45) is 0. The fraction of sp³-hybridized carbons (Fsp3) is 0.125. The van der Waals surface area contributed by atoms with Crippen LogP contribution >= 0.6 is 11.6 Å². The first-order chi connectivity index (χ1) is 10.5. The molecule has 0 atom stereocenters. The second kappa shape index (κ2) is 5.69. The molecule has 112 valence electrons. The largest absolute Gasteiger partial charge is 0.419 e. The molecule has 0 saturated carbocycles. The number of rotatable bonds is 3. The molecular weight excluding hydrogens is 304 g/mol. The second-order valence-corrected chi connectivity index (χ2v) is 5.36. The summed E-state index contributed by atoms with van der Waals surface area (Å²) in [5, 5.41) is 3.48. The Morgan fingerprint density at radius 2 is 1.95 bits per heavy atom. The van der Waals surface area contributed by atoms with Crippen LogP contribution in [0.3, 0.4) is 0 Å². The van der Waals surface area contributed by atoms with E-state index in [1.165, 1.54) is 4.57 Å². The van der Waals surface area contributed by atoms with Crippen molar-refractivity contribution in [2.24, 2.45) is 7.05 Å². The number of aryl methyl sites for hydroxylation is 1. The first-order valence-corrected chi connectivity index (χ1v) is 7.04. The highest BCUT2D eigenvalue weighted by Gasteiger charge is 2.11.